The summed E-state index contributed by atoms with van der Waals surface area (Å²) in [5.74, 6) is 0. The Kier molecular flexibility index (Phi) is 3.85. The molecule has 0 spiro atoms. The van der Waals surface area contributed by atoms with Crippen LogP contribution in [0.25, 0.3) is 0 Å². The van der Waals surface area contributed by atoms with Crippen LogP contribution in [0.3, 0.4) is 0 Å². The highest BCUT2D eigenvalue weighted by Gasteiger charge is 1.71. The van der Waals surface area contributed by atoms with Crippen LogP contribution in [0, 0.1) is 5.41 Å². The van der Waals surface area contributed by atoms with E-state index < -0.39 is 0 Å². The molecule has 1 N–H and O–H groups in total. The summed E-state index contributed by atoms with van der Waals surface area (Å²) in [4.78, 5) is 0. The Bertz CT molecular complexity index is 120. The summed E-state index contributed by atoms with van der Waals surface area (Å²) in [6.45, 7) is 3.98. The first-order chi connectivity index (χ1) is 3.81. The minimum Gasteiger partial charge on any atom is -0.309 e. The fourth-order valence-electron chi connectivity index (χ4n) is 0.296. The molecular weight excluding hydrogens is 98.1 g/mol. The van der Waals surface area contributed by atoms with Crippen LogP contribution < -0.4 is 0 Å². The lowest BCUT2D eigenvalue weighted by molar-refractivity contribution is 1.48. The molecule has 0 saturated heterocycles. The first kappa shape index (κ1) is 7.15. The molecule has 44 valence electrons. The average molecular weight is 109 g/mol. The molecule has 0 heterocycles. The quantitative estimate of drug-likeness (QED) is 0.415. The highest BCUT2D eigenvalue weighted by Crippen LogP contribution is 1.90. The van der Waals surface area contributed by atoms with Crippen LogP contribution in [0.5, 0.6) is 0 Å². The zero-order chi connectivity index (χ0) is 6.41. The molecule has 0 unspecified atom stereocenters. The van der Waals surface area contributed by atoms with Crippen LogP contribution in [0.4, 0.5) is 0 Å². The van der Waals surface area contributed by atoms with Crippen LogP contribution in [0.2, 0.25) is 0 Å². The zero-order valence-corrected chi connectivity index (χ0v) is 5.31. The summed E-state index contributed by atoms with van der Waals surface area (Å²) >= 11 is 0. The second-order valence-corrected chi connectivity index (χ2v) is 1.56. The van der Waals surface area contributed by atoms with Crippen molar-refractivity contribution in [1.82, 2.24) is 0 Å². The van der Waals surface area contributed by atoms with E-state index in [1.165, 1.54) is 11.8 Å². The van der Waals surface area contributed by atoms with Gasteiger partial charge in [0.15, 0.2) is 0 Å². The zero-order valence-electron chi connectivity index (χ0n) is 5.31. The van der Waals surface area contributed by atoms with Crippen molar-refractivity contribution in [3.8, 4) is 0 Å². The van der Waals surface area contributed by atoms with E-state index in [0.29, 0.717) is 0 Å². The fraction of sp³-hybridized carbons (Fsp3) is 0.286. The molecule has 0 amide bonds. The second-order valence-electron chi connectivity index (χ2n) is 1.56. The summed E-state index contributed by atoms with van der Waals surface area (Å²) in [5, 5.41) is 6.63. The smallest absolute Gasteiger partial charge is 0.0177 e. The molecule has 0 aromatic heterocycles. The van der Waals surface area contributed by atoms with Crippen LogP contribution in [-0.4, -0.2) is 6.21 Å². The Morgan fingerprint density at radius 1 is 1.50 bits per heavy atom. The molecule has 8 heavy (non-hydrogen) atoms. The van der Waals surface area contributed by atoms with Gasteiger partial charge >= 0.3 is 0 Å². The average Bonchev–Trinajstić information content (AvgIpc) is 1.83. The third kappa shape index (κ3) is 3.34. The summed E-state index contributed by atoms with van der Waals surface area (Å²) in [5.41, 5.74) is 1.19. The summed E-state index contributed by atoms with van der Waals surface area (Å²) in [6.07, 6.45) is 6.87. The Morgan fingerprint density at radius 2 is 2.12 bits per heavy atom. The first-order valence-electron chi connectivity index (χ1n) is 2.61. The molecule has 0 aromatic carbocycles. The Labute approximate surface area is 50.2 Å². The monoisotopic (exact) mass is 109 g/mol. The van der Waals surface area contributed by atoms with E-state index in [9.17, 15) is 0 Å². The van der Waals surface area contributed by atoms with E-state index in [4.69, 9.17) is 5.41 Å². The summed E-state index contributed by atoms with van der Waals surface area (Å²) in [7, 11) is 0. The van der Waals surface area contributed by atoms with Crippen LogP contribution in [0.1, 0.15) is 13.8 Å². The number of rotatable bonds is 2. The molecule has 0 rings (SSSR count). The predicted octanol–water partition coefficient (Wildman–Crippen LogP) is 2.16. The van der Waals surface area contributed by atoms with Crippen LogP contribution in [-0.2, 0) is 0 Å². The molecule has 0 bridgehead atoms. The van der Waals surface area contributed by atoms with Gasteiger partial charge in [0.1, 0.15) is 0 Å². The van der Waals surface area contributed by atoms with E-state index in [1.54, 1.807) is 6.08 Å². The number of hydrogen-bond donors (Lipinski definition) is 1. The lowest BCUT2D eigenvalue weighted by atomic mass is 10.3. The van der Waals surface area contributed by atoms with Crippen LogP contribution >= 0.6 is 0 Å². The second kappa shape index (κ2) is 4.31. The summed E-state index contributed by atoms with van der Waals surface area (Å²) in [6, 6.07) is 0. The highest BCUT2D eigenvalue weighted by molar-refractivity contribution is 5.68. The van der Waals surface area contributed by atoms with Crippen molar-refractivity contribution in [2.45, 2.75) is 13.8 Å². The van der Waals surface area contributed by atoms with Gasteiger partial charge in [-0.1, -0.05) is 17.7 Å². The van der Waals surface area contributed by atoms with Gasteiger partial charge in [-0.3, -0.25) is 0 Å². The molecule has 0 aliphatic heterocycles. The van der Waals surface area contributed by atoms with Gasteiger partial charge in [-0.2, -0.15) is 0 Å². The van der Waals surface area contributed by atoms with Gasteiger partial charge in [0.25, 0.3) is 0 Å². The molecule has 0 saturated carbocycles. The SMILES string of the molecule is C/C=C(C)\C=C/C=N. The molecule has 0 fully saturated rings. The number of allylic oxidation sites excluding steroid dienone is 4. The molecule has 0 aliphatic rings. The molecule has 0 aromatic rings. The third-order valence-corrected chi connectivity index (χ3v) is 0.911. The third-order valence-electron chi connectivity index (χ3n) is 0.911. The normalized spacial score (nSPS) is 12.5. The molecular formula is C7H11N. The van der Waals surface area contributed by atoms with Crippen LogP contribution in [0.15, 0.2) is 23.8 Å². The van der Waals surface area contributed by atoms with E-state index >= 15 is 0 Å². The van der Waals surface area contributed by atoms with Crippen molar-refractivity contribution in [1.29, 1.82) is 5.41 Å². The lowest BCUT2D eigenvalue weighted by Crippen LogP contribution is -1.64. The van der Waals surface area contributed by atoms with Gasteiger partial charge in [0.05, 0.1) is 0 Å². The van der Waals surface area contributed by atoms with Gasteiger partial charge in [0.2, 0.25) is 0 Å². The highest BCUT2D eigenvalue weighted by atomic mass is 14.3. The molecule has 0 radical (unpaired) electrons. The minimum absolute atomic E-state index is 1.19. The number of hydrogen-bond acceptors (Lipinski definition) is 1. The summed E-state index contributed by atoms with van der Waals surface area (Å²) < 4.78 is 0. The van der Waals surface area contributed by atoms with Gasteiger partial charge < -0.3 is 5.41 Å². The Morgan fingerprint density at radius 3 is 2.50 bits per heavy atom. The predicted molar refractivity (Wildman–Crippen MR) is 37.4 cm³/mol. The van der Waals surface area contributed by atoms with E-state index in [1.807, 2.05) is 26.0 Å². The van der Waals surface area contributed by atoms with Crippen molar-refractivity contribution >= 4 is 6.21 Å². The number of nitrogens with one attached hydrogen (secondary N) is 1. The van der Waals surface area contributed by atoms with Crippen molar-refractivity contribution < 1.29 is 0 Å². The Balaban J connectivity index is 3.69. The van der Waals surface area contributed by atoms with Gasteiger partial charge in [-0.05, 0) is 19.9 Å². The standard InChI is InChI=1S/C7H11N/c1-3-7(2)5-4-6-8/h3-6,8H,1-2H3/b5-4-,7-3-,8-6?. The van der Waals surface area contributed by atoms with Crippen molar-refractivity contribution in [2.75, 3.05) is 0 Å². The fourth-order valence-corrected chi connectivity index (χ4v) is 0.296. The molecule has 0 atom stereocenters. The van der Waals surface area contributed by atoms with E-state index in [0.717, 1.165) is 0 Å². The van der Waals surface area contributed by atoms with Crippen molar-refractivity contribution in [3.63, 3.8) is 0 Å². The topological polar surface area (TPSA) is 23.9 Å². The maximum absolute atomic E-state index is 6.63. The minimum atomic E-state index is 1.19. The first-order valence-corrected chi connectivity index (χ1v) is 2.61. The molecule has 0 aliphatic carbocycles. The van der Waals surface area contributed by atoms with E-state index in [2.05, 4.69) is 0 Å². The largest absolute Gasteiger partial charge is 0.309 e. The molecule has 1 heteroatoms. The van der Waals surface area contributed by atoms with Gasteiger partial charge in [0, 0.05) is 6.21 Å². The maximum Gasteiger partial charge on any atom is 0.0177 e. The van der Waals surface area contributed by atoms with Crippen molar-refractivity contribution in [2.24, 2.45) is 0 Å². The lowest BCUT2D eigenvalue weighted by Gasteiger charge is -1.81. The van der Waals surface area contributed by atoms with Crippen molar-refractivity contribution in [3.05, 3.63) is 23.8 Å². The molecule has 1 nitrogen and oxygen atoms in total. The Hall–Kier alpha value is -0.850. The van der Waals surface area contributed by atoms with E-state index in [-0.39, 0.29) is 0 Å². The van der Waals surface area contributed by atoms with Gasteiger partial charge in [-0.25, -0.2) is 0 Å². The van der Waals surface area contributed by atoms with Gasteiger partial charge in [-0.15, -0.1) is 0 Å². The maximum atomic E-state index is 6.63.